The number of hydrogen-bond acceptors (Lipinski definition) is 3. The molecule has 0 atom stereocenters. The summed E-state index contributed by atoms with van der Waals surface area (Å²) in [5.41, 5.74) is 0.766. The van der Waals surface area contributed by atoms with E-state index in [4.69, 9.17) is 4.74 Å². The van der Waals surface area contributed by atoms with Crippen LogP contribution >= 0.6 is 0 Å². The molecule has 0 aliphatic carbocycles. The fraction of sp³-hybridized carbons (Fsp3) is 0.533. The summed E-state index contributed by atoms with van der Waals surface area (Å²) in [5.74, 6) is -0.110. The molecule has 1 amide bonds. The molecule has 0 aliphatic heterocycles. The Morgan fingerprint density at radius 1 is 1.40 bits per heavy atom. The third kappa shape index (κ3) is 4.81. The first-order chi connectivity index (χ1) is 9.62. The fourth-order valence-corrected chi connectivity index (χ4v) is 1.94. The summed E-state index contributed by atoms with van der Waals surface area (Å²) in [6.07, 6.45) is 0.459. The third-order valence-corrected chi connectivity index (χ3v) is 3.09. The van der Waals surface area contributed by atoms with Gasteiger partial charge in [0.25, 0.3) is 0 Å². The van der Waals surface area contributed by atoms with E-state index >= 15 is 0 Å². The first-order valence-corrected chi connectivity index (χ1v) is 6.93. The van der Waals surface area contributed by atoms with Crippen molar-refractivity contribution in [2.24, 2.45) is 0 Å². The van der Waals surface area contributed by atoms with Crippen LogP contribution in [0.4, 0.5) is 4.39 Å². The zero-order valence-corrected chi connectivity index (χ0v) is 12.4. The summed E-state index contributed by atoms with van der Waals surface area (Å²) >= 11 is 0. The summed E-state index contributed by atoms with van der Waals surface area (Å²) < 4.78 is 18.5. The van der Waals surface area contributed by atoms with E-state index < -0.39 is 5.82 Å². The normalized spacial score (nSPS) is 10.4. The summed E-state index contributed by atoms with van der Waals surface area (Å²) in [7, 11) is 1.43. The zero-order valence-electron chi connectivity index (χ0n) is 12.4. The van der Waals surface area contributed by atoms with E-state index in [0.29, 0.717) is 26.1 Å². The fourth-order valence-electron chi connectivity index (χ4n) is 1.94. The Morgan fingerprint density at radius 3 is 2.70 bits per heavy atom. The van der Waals surface area contributed by atoms with Gasteiger partial charge in [-0.3, -0.25) is 4.79 Å². The second-order valence-electron chi connectivity index (χ2n) is 4.48. The zero-order chi connectivity index (χ0) is 15.0. The molecule has 0 radical (unpaired) electrons. The lowest BCUT2D eigenvalue weighted by Crippen LogP contribution is -2.32. The highest BCUT2D eigenvalue weighted by Crippen LogP contribution is 2.18. The van der Waals surface area contributed by atoms with Gasteiger partial charge in [-0.05, 0) is 31.2 Å². The minimum absolute atomic E-state index is 0.0738. The number of rotatable bonds is 8. The van der Waals surface area contributed by atoms with Crippen molar-refractivity contribution >= 4 is 5.91 Å². The summed E-state index contributed by atoms with van der Waals surface area (Å²) in [4.78, 5) is 13.7. The van der Waals surface area contributed by atoms with Crippen LogP contribution in [0.25, 0.3) is 0 Å². The Labute approximate surface area is 119 Å². The number of nitrogens with zero attached hydrogens (tertiary/aromatic N) is 1. The van der Waals surface area contributed by atoms with Gasteiger partial charge in [0.05, 0.1) is 7.11 Å². The summed E-state index contributed by atoms with van der Waals surface area (Å²) in [6, 6.07) is 4.78. The van der Waals surface area contributed by atoms with Crippen molar-refractivity contribution in [2.45, 2.75) is 26.8 Å². The molecule has 20 heavy (non-hydrogen) atoms. The molecule has 0 heterocycles. The van der Waals surface area contributed by atoms with E-state index in [0.717, 1.165) is 12.1 Å². The van der Waals surface area contributed by atoms with Crippen LogP contribution < -0.4 is 10.1 Å². The Kier molecular flexibility index (Phi) is 7.01. The van der Waals surface area contributed by atoms with E-state index in [1.54, 1.807) is 17.0 Å². The van der Waals surface area contributed by atoms with Crippen molar-refractivity contribution in [1.29, 1.82) is 0 Å². The quantitative estimate of drug-likeness (QED) is 0.743. The van der Waals surface area contributed by atoms with Gasteiger partial charge in [-0.15, -0.1) is 0 Å². The molecule has 1 rings (SSSR count). The molecule has 1 aromatic carbocycles. The first-order valence-electron chi connectivity index (χ1n) is 6.93. The number of amides is 1. The summed E-state index contributed by atoms with van der Waals surface area (Å²) in [5, 5.41) is 3.12. The van der Waals surface area contributed by atoms with Crippen molar-refractivity contribution in [1.82, 2.24) is 10.2 Å². The molecule has 0 bridgehead atoms. The molecule has 0 saturated carbocycles. The third-order valence-electron chi connectivity index (χ3n) is 3.09. The van der Waals surface area contributed by atoms with Gasteiger partial charge >= 0.3 is 0 Å². The van der Waals surface area contributed by atoms with E-state index in [1.807, 2.05) is 13.8 Å². The Morgan fingerprint density at radius 2 is 2.15 bits per heavy atom. The van der Waals surface area contributed by atoms with Gasteiger partial charge in [0.2, 0.25) is 5.91 Å². The predicted octanol–water partition coefficient (Wildman–Crippen LogP) is 2.18. The number of nitrogens with one attached hydrogen (secondary N) is 1. The van der Waals surface area contributed by atoms with Crippen LogP contribution in [-0.4, -0.2) is 37.6 Å². The number of halogens is 1. The lowest BCUT2D eigenvalue weighted by atomic mass is 10.2. The number of carbonyl (C=O) groups excluding carboxylic acids is 1. The minimum Gasteiger partial charge on any atom is -0.494 e. The van der Waals surface area contributed by atoms with Gasteiger partial charge in [-0.2, -0.15) is 0 Å². The molecule has 5 heteroatoms. The van der Waals surface area contributed by atoms with E-state index in [2.05, 4.69) is 5.32 Å². The topological polar surface area (TPSA) is 41.6 Å². The lowest BCUT2D eigenvalue weighted by molar-refractivity contribution is -0.131. The molecule has 112 valence electrons. The molecule has 0 saturated heterocycles. The molecule has 0 unspecified atom stereocenters. The number of hydrogen-bond donors (Lipinski definition) is 1. The van der Waals surface area contributed by atoms with Gasteiger partial charge in [-0.1, -0.05) is 13.0 Å². The lowest BCUT2D eigenvalue weighted by Gasteiger charge is -2.21. The highest BCUT2D eigenvalue weighted by molar-refractivity contribution is 5.76. The van der Waals surface area contributed by atoms with Crippen LogP contribution in [0.1, 0.15) is 25.8 Å². The van der Waals surface area contributed by atoms with Crippen LogP contribution in [0.2, 0.25) is 0 Å². The minimum atomic E-state index is -0.402. The van der Waals surface area contributed by atoms with Crippen molar-refractivity contribution in [2.75, 3.05) is 26.7 Å². The highest BCUT2D eigenvalue weighted by atomic mass is 19.1. The molecule has 0 aliphatic rings. The molecule has 1 N–H and O–H groups in total. The molecule has 4 nitrogen and oxygen atoms in total. The molecule has 1 aromatic rings. The average Bonchev–Trinajstić information content (AvgIpc) is 2.45. The Bertz CT molecular complexity index is 438. The first kappa shape index (κ1) is 16.4. The monoisotopic (exact) mass is 282 g/mol. The van der Waals surface area contributed by atoms with E-state index in [1.165, 1.54) is 13.2 Å². The molecular weight excluding hydrogens is 259 g/mol. The van der Waals surface area contributed by atoms with Crippen molar-refractivity contribution in [3.05, 3.63) is 29.6 Å². The SMILES string of the molecule is CCNCCC(=O)N(CC)Cc1ccc(OC)c(F)c1. The maximum atomic E-state index is 13.6. The van der Waals surface area contributed by atoms with Crippen LogP contribution in [-0.2, 0) is 11.3 Å². The largest absolute Gasteiger partial charge is 0.494 e. The van der Waals surface area contributed by atoms with Crippen molar-refractivity contribution in [3.63, 3.8) is 0 Å². The maximum absolute atomic E-state index is 13.6. The number of benzene rings is 1. The van der Waals surface area contributed by atoms with Crippen LogP contribution in [0, 0.1) is 5.82 Å². The highest BCUT2D eigenvalue weighted by Gasteiger charge is 2.13. The van der Waals surface area contributed by atoms with E-state index in [-0.39, 0.29) is 11.7 Å². The van der Waals surface area contributed by atoms with Gasteiger partial charge in [0, 0.05) is 26.1 Å². The number of methoxy groups -OCH3 is 1. The van der Waals surface area contributed by atoms with E-state index in [9.17, 15) is 9.18 Å². The van der Waals surface area contributed by atoms with Gasteiger partial charge < -0.3 is 15.0 Å². The smallest absolute Gasteiger partial charge is 0.224 e. The van der Waals surface area contributed by atoms with Crippen molar-refractivity contribution in [3.8, 4) is 5.75 Å². The molecular formula is C15H23FN2O2. The number of ether oxygens (including phenoxy) is 1. The average molecular weight is 282 g/mol. The van der Waals surface area contributed by atoms with Crippen molar-refractivity contribution < 1.29 is 13.9 Å². The van der Waals surface area contributed by atoms with Gasteiger partial charge in [0.1, 0.15) is 0 Å². The molecule has 0 fully saturated rings. The second-order valence-corrected chi connectivity index (χ2v) is 4.48. The van der Waals surface area contributed by atoms with Crippen LogP contribution in [0.15, 0.2) is 18.2 Å². The van der Waals surface area contributed by atoms with Gasteiger partial charge in [0.15, 0.2) is 11.6 Å². The molecule has 0 spiro atoms. The second kappa shape index (κ2) is 8.53. The standard InChI is InChI=1S/C15H23FN2O2/c1-4-17-9-8-15(19)18(5-2)11-12-6-7-14(20-3)13(16)10-12/h6-7,10,17H,4-5,8-9,11H2,1-3H3. The van der Waals surface area contributed by atoms with Crippen LogP contribution in [0.3, 0.4) is 0 Å². The van der Waals surface area contributed by atoms with Crippen LogP contribution in [0.5, 0.6) is 5.75 Å². The number of carbonyl (C=O) groups is 1. The Balaban J connectivity index is 2.63. The Hall–Kier alpha value is -1.62. The predicted molar refractivity (Wildman–Crippen MR) is 77.2 cm³/mol. The summed E-state index contributed by atoms with van der Waals surface area (Å²) in [6.45, 7) is 6.47. The van der Waals surface area contributed by atoms with Gasteiger partial charge in [-0.25, -0.2) is 4.39 Å². The molecule has 0 aromatic heterocycles. The maximum Gasteiger partial charge on any atom is 0.224 e.